The Hall–Kier alpha value is -2.74. The average molecular weight is 317 g/mol. The maximum atomic E-state index is 12.0. The van der Waals surface area contributed by atoms with Gasteiger partial charge >= 0.3 is 5.97 Å². The molecule has 3 rings (SSSR count). The lowest BCUT2D eigenvalue weighted by atomic mass is 10.2. The fourth-order valence-electron chi connectivity index (χ4n) is 1.83. The minimum Gasteiger partial charge on any atom is -0.452 e. The molecule has 2 aromatic heterocycles. The van der Waals surface area contributed by atoms with Crippen LogP contribution >= 0.6 is 11.3 Å². The van der Waals surface area contributed by atoms with E-state index in [4.69, 9.17) is 9.15 Å². The smallest absolute Gasteiger partial charge is 0.340 e. The molecule has 0 atom stereocenters. The first-order chi connectivity index (χ1) is 10.6. The normalized spacial score (nSPS) is 10.6. The third-order valence-corrected chi connectivity index (χ3v) is 3.66. The van der Waals surface area contributed by atoms with Gasteiger partial charge in [-0.3, -0.25) is 10.1 Å². The van der Waals surface area contributed by atoms with Crippen LogP contribution in [0.15, 0.2) is 34.4 Å². The highest BCUT2D eigenvalue weighted by atomic mass is 32.1. The molecule has 0 radical (unpaired) electrons. The van der Waals surface area contributed by atoms with Crippen molar-refractivity contribution in [2.24, 2.45) is 0 Å². The van der Waals surface area contributed by atoms with Gasteiger partial charge in [-0.1, -0.05) is 6.07 Å². The quantitative estimate of drug-likeness (QED) is 0.742. The minimum atomic E-state index is -0.634. The zero-order chi connectivity index (χ0) is 15.5. The summed E-state index contributed by atoms with van der Waals surface area (Å²) >= 11 is 1.31. The number of rotatable bonds is 4. The Morgan fingerprint density at radius 1 is 1.41 bits per heavy atom. The monoisotopic (exact) mass is 317 g/mol. The number of oxazole rings is 1. The number of carbonyl (C=O) groups excluding carboxylic acids is 2. The highest BCUT2D eigenvalue weighted by Crippen LogP contribution is 2.18. The van der Waals surface area contributed by atoms with E-state index in [0.29, 0.717) is 16.2 Å². The van der Waals surface area contributed by atoms with Crippen molar-refractivity contribution >= 4 is 39.4 Å². The van der Waals surface area contributed by atoms with Crippen LogP contribution in [0.5, 0.6) is 0 Å². The molecule has 22 heavy (non-hydrogen) atoms. The Morgan fingerprint density at radius 2 is 2.27 bits per heavy atom. The van der Waals surface area contributed by atoms with Crippen LogP contribution in [0, 0.1) is 6.92 Å². The second-order valence-electron chi connectivity index (χ2n) is 4.42. The van der Waals surface area contributed by atoms with Gasteiger partial charge < -0.3 is 9.15 Å². The molecule has 8 heteroatoms. The highest BCUT2D eigenvalue weighted by Gasteiger charge is 2.16. The van der Waals surface area contributed by atoms with Gasteiger partial charge in [-0.05, 0) is 19.1 Å². The van der Waals surface area contributed by atoms with Crippen molar-refractivity contribution in [2.45, 2.75) is 6.92 Å². The van der Waals surface area contributed by atoms with Gasteiger partial charge in [-0.25, -0.2) is 14.8 Å². The van der Waals surface area contributed by atoms with Crippen LogP contribution in [-0.4, -0.2) is 28.5 Å². The van der Waals surface area contributed by atoms with Gasteiger partial charge in [0.15, 0.2) is 23.7 Å². The summed E-state index contributed by atoms with van der Waals surface area (Å²) in [5.74, 6) is -1.08. The van der Waals surface area contributed by atoms with Crippen molar-refractivity contribution < 1.29 is 18.7 Å². The zero-order valence-electron chi connectivity index (χ0n) is 11.5. The molecule has 0 saturated carbocycles. The van der Waals surface area contributed by atoms with E-state index in [1.54, 1.807) is 18.2 Å². The molecule has 1 amide bonds. The molecular weight excluding hydrogens is 306 g/mol. The molecule has 0 spiro atoms. The van der Waals surface area contributed by atoms with Gasteiger partial charge in [-0.2, -0.15) is 0 Å². The summed E-state index contributed by atoms with van der Waals surface area (Å²) < 4.78 is 10.1. The van der Waals surface area contributed by atoms with Crippen LogP contribution in [0.4, 0.5) is 5.13 Å². The molecule has 0 aliphatic carbocycles. The van der Waals surface area contributed by atoms with Crippen LogP contribution in [0.1, 0.15) is 16.1 Å². The molecule has 0 bridgehead atoms. The maximum Gasteiger partial charge on any atom is 0.340 e. The molecule has 7 nitrogen and oxygen atoms in total. The lowest BCUT2D eigenvalue weighted by Crippen LogP contribution is -2.21. The predicted octanol–water partition coefficient (Wildman–Crippen LogP) is 2.39. The van der Waals surface area contributed by atoms with Crippen LogP contribution in [0.25, 0.3) is 11.1 Å². The van der Waals surface area contributed by atoms with Gasteiger partial charge in [0.2, 0.25) is 0 Å². The Kier molecular flexibility index (Phi) is 3.84. The number of ether oxygens (including phenoxy) is 1. The molecule has 0 saturated heterocycles. The number of hydrogen-bond donors (Lipinski definition) is 1. The summed E-state index contributed by atoms with van der Waals surface area (Å²) in [6.45, 7) is 1.43. The summed E-state index contributed by atoms with van der Waals surface area (Å²) in [4.78, 5) is 31.8. The number of carbonyl (C=O) groups is 2. The molecule has 0 aliphatic rings. The van der Waals surface area contributed by atoms with Gasteiger partial charge in [0, 0.05) is 5.38 Å². The number of amides is 1. The second-order valence-corrected chi connectivity index (χ2v) is 5.28. The Morgan fingerprint density at radius 3 is 3.05 bits per heavy atom. The van der Waals surface area contributed by atoms with E-state index < -0.39 is 18.5 Å². The number of nitrogens with one attached hydrogen (secondary N) is 1. The fourth-order valence-corrected chi connectivity index (χ4v) is 2.53. The number of anilines is 1. The fraction of sp³-hybridized carbons (Fsp3) is 0.143. The van der Waals surface area contributed by atoms with E-state index in [9.17, 15) is 9.59 Å². The van der Waals surface area contributed by atoms with Crippen LogP contribution in [-0.2, 0) is 9.53 Å². The SMILES string of the molecule is Cc1csc(NC(=O)COC(=O)c2cccc3ocnc23)n1. The Balaban J connectivity index is 1.62. The summed E-state index contributed by atoms with van der Waals surface area (Å²) in [6.07, 6.45) is 1.25. The van der Waals surface area contributed by atoms with Crippen molar-refractivity contribution in [1.29, 1.82) is 0 Å². The standard InChI is InChI=1S/C14H11N3O4S/c1-8-6-22-14(16-8)17-11(18)5-20-13(19)9-3-2-4-10-12(9)15-7-21-10/h2-4,6-7H,5H2,1H3,(H,16,17,18). The van der Waals surface area contributed by atoms with E-state index in [0.717, 1.165) is 5.69 Å². The zero-order valence-corrected chi connectivity index (χ0v) is 12.3. The van der Waals surface area contributed by atoms with Gasteiger partial charge in [0.1, 0.15) is 5.52 Å². The number of para-hydroxylation sites is 1. The van der Waals surface area contributed by atoms with Gasteiger partial charge in [-0.15, -0.1) is 11.3 Å². The minimum absolute atomic E-state index is 0.254. The molecule has 1 N–H and O–H groups in total. The number of aromatic nitrogens is 2. The van der Waals surface area contributed by atoms with Crippen molar-refractivity contribution in [3.8, 4) is 0 Å². The van der Waals surface area contributed by atoms with E-state index in [1.807, 2.05) is 12.3 Å². The number of esters is 1. The number of aryl methyl sites for hydroxylation is 1. The van der Waals surface area contributed by atoms with E-state index in [1.165, 1.54) is 17.7 Å². The molecule has 0 aliphatic heterocycles. The lowest BCUT2D eigenvalue weighted by molar-refractivity contribution is -0.119. The number of hydrogen-bond acceptors (Lipinski definition) is 7. The van der Waals surface area contributed by atoms with Crippen LogP contribution in [0.3, 0.4) is 0 Å². The molecule has 0 fully saturated rings. The summed E-state index contributed by atoms with van der Waals surface area (Å²) in [7, 11) is 0. The molecule has 1 aromatic carbocycles. The average Bonchev–Trinajstić information content (AvgIpc) is 3.13. The first-order valence-corrected chi connectivity index (χ1v) is 7.23. The largest absolute Gasteiger partial charge is 0.452 e. The first-order valence-electron chi connectivity index (χ1n) is 6.35. The summed E-state index contributed by atoms with van der Waals surface area (Å²) in [5.41, 5.74) is 1.96. The third kappa shape index (κ3) is 2.96. The van der Waals surface area contributed by atoms with E-state index in [-0.39, 0.29) is 5.56 Å². The number of fused-ring (bicyclic) bond motifs is 1. The maximum absolute atomic E-state index is 12.0. The van der Waals surface area contributed by atoms with E-state index in [2.05, 4.69) is 15.3 Å². The van der Waals surface area contributed by atoms with Crippen molar-refractivity contribution in [1.82, 2.24) is 9.97 Å². The van der Waals surface area contributed by atoms with Crippen molar-refractivity contribution in [3.05, 3.63) is 41.2 Å². The van der Waals surface area contributed by atoms with Gasteiger partial charge in [0.25, 0.3) is 5.91 Å². The van der Waals surface area contributed by atoms with Crippen molar-refractivity contribution in [2.75, 3.05) is 11.9 Å². The Labute approximate surface area is 128 Å². The highest BCUT2D eigenvalue weighted by molar-refractivity contribution is 7.13. The second kappa shape index (κ2) is 5.94. The third-order valence-electron chi connectivity index (χ3n) is 2.78. The molecule has 112 valence electrons. The predicted molar refractivity (Wildman–Crippen MR) is 79.8 cm³/mol. The number of thiazole rings is 1. The molecule has 3 aromatic rings. The molecule has 0 unspecified atom stereocenters. The van der Waals surface area contributed by atoms with Gasteiger partial charge in [0.05, 0.1) is 11.3 Å². The number of benzene rings is 1. The van der Waals surface area contributed by atoms with Crippen LogP contribution in [0.2, 0.25) is 0 Å². The molecule has 2 heterocycles. The first kappa shape index (κ1) is 14.2. The topological polar surface area (TPSA) is 94.3 Å². The van der Waals surface area contributed by atoms with Crippen LogP contribution < -0.4 is 5.32 Å². The summed E-state index contributed by atoms with van der Waals surface area (Å²) in [6, 6.07) is 4.91. The summed E-state index contributed by atoms with van der Waals surface area (Å²) in [5, 5.41) is 4.84. The lowest BCUT2D eigenvalue weighted by Gasteiger charge is -2.04. The van der Waals surface area contributed by atoms with E-state index >= 15 is 0 Å². The Bertz CT molecular complexity index is 839. The van der Waals surface area contributed by atoms with Crippen molar-refractivity contribution in [3.63, 3.8) is 0 Å². The number of nitrogens with zero attached hydrogens (tertiary/aromatic N) is 2. The molecular formula is C14H11N3O4S.